The van der Waals surface area contributed by atoms with Gasteiger partial charge >= 0.3 is 0 Å². The smallest absolute Gasteiger partial charge is 0.0768 e. The second kappa shape index (κ2) is 3.13. The van der Waals surface area contributed by atoms with Crippen molar-refractivity contribution < 1.29 is 0 Å². The Balaban J connectivity index is 2.34. The quantitative estimate of drug-likeness (QED) is 0.633. The molecule has 62 valence electrons. The molecule has 1 unspecified atom stereocenters. The molecule has 0 aliphatic carbocycles. The first-order valence-electron chi connectivity index (χ1n) is 3.71. The summed E-state index contributed by atoms with van der Waals surface area (Å²) in [5.41, 5.74) is 3.96. The Hall–Kier alpha value is -1.06. The number of hydrogen-bond acceptors (Lipinski definition) is 2. The number of hydrogen-bond donors (Lipinski definition) is 2. The van der Waals surface area contributed by atoms with E-state index in [1.165, 1.54) is 0 Å². The molecule has 1 aromatic rings. The van der Waals surface area contributed by atoms with Crippen LogP contribution >= 0.6 is 11.1 Å². The van der Waals surface area contributed by atoms with Gasteiger partial charge in [-0.1, -0.05) is 30.3 Å². The summed E-state index contributed by atoms with van der Waals surface area (Å²) in [5.74, 6) is 0. The summed E-state index contributed by atoms with van der Waals surface area (Å²) in [5, 5.41) is 7.72. The second-order valence-corrected chi connectivity index (χ2v) is 3.96. The summed E-state index contributed by atoms with van der Waals surface area (Å²) in [7, 11) is 0. The van der Waals surface area contributed by atoms with Crippen LogP contribution in [0.5, 0.6) is 0 Å². The van der Waals surface area contributed by atoms with Gasteiger partial charge in [-0.2, -0.15) is 0 Å². The van der Waals surface area contributed by atoms with Crippen molar-refractivity contribution in [3.05, 3.63) is 41.3 Å². The Morgan fingerprint density at radius 2 is 1.92 bits per heavy atom. The Bertz CT molecular complexity index is 330. The van der Waals surface area contributed by atoms with Crippen molar-refractivity contribution in [3.63, 3.8) is 0 Å². The van der Waals surface area contributed by atoms with E-state index in [9.17, 15) is 0 Å². The maximum atomic E-state index is 5.70. The third-order valence-corrected chi connectivity index (χ3v) is 2.60. The van der Waals surface area contributed by atoms with Crippen LogP contribution in [0, 0.1) is 0 Å². The molecule has 2 N–H and O–H groups in total. The first kappa shape index (κ1) is 7.58. The number of thiol groups is 1. The summed E-state index contributed by atoms with van der Waals surface area (Å²) >= 11 is -0.582. The summed E-state index contributed by atoms with van der Waals surface area (Å²) in [6, 6.07) is 10.1. The maximum Gasteiger partial charge on any atom is 0.0768 e. The van der Waals surface area contributed by atoms with E-state index in [1.54, 1.807) is 0 Å². The lowest BCUT2D eigenvalue weighted by atomic mass is 10.2. The highest BCUT2D eigenvalue weighted by Crippen LogP contribution is 2.29. The number of benzene rings is 1. The molecule has 2 rings (SSSR count). The average molecular weight is 178 g/mol. The molecule has 0 fully saturated rings. The zero-order chi connectivity index (χ0) is 8.39. The molecule has 0 spiro atoms. The lowest BCUT2D eigenvalue weighted by Crippen LogP contribution is -1.84. The van der Waals surface area contributed by atoms with Crippen molar-refractivity contribution in [1.82, 2.24) is 0 Å². The van der Waals surface area contributed by atoms with Gasteiger partial charge in [0.2, 0.25) is 0 Å². The van der Waals surface area contributed by atoms with Crippen molar-refractivity contribution in [1.29, 1.82) is 0 Å². The molecule has 0 saturated heterocycles. The van der Waals surface area contributed by atoms with Crippen molar-refractivity contribution >= 4 is 22.3 Å². The van der Waals surface area contributed by atoms with Crippen molar-refractivity contribution in [3.8, 4) is 0 Å². The second-order valence-electron chi connectivity index (χ2n) is 2.57. The predicted octanol–water partition coefficient (Wildman–Crippen LogP) is 1.90. The van der Waals surface area contributed by atoms with Crippen LogP contribution in [0.3, 0.4) is 0 Å². The lowest BCUT2D eigenvalue weighted by molar-refractivity contribution is 1.54. The van der Waals surface area contributed by atoms with Crippen LogP contribution in [0.25, 0.3) is 5.70 Å². The minimum absolute atomic E-state index is 0.582. The average Bonchev–Trinajstić information content (AvgIpc) is 2.54. The van der Waals surface area contributed by atoms with E-state index in [0.29, 0.717) is 0 Å². The molecule has 0 radical (unpaired) electrons. The largest absolute Gasteiger partial charge is 0.289 e. The molecular formula is C9H10N2S. The van der Waals surface area contributed by atoms with Crippen LogP contribution in [-0.2, 0) is 0 Å². The minimum Gasteiger partial charge on any atom is -0.289 e. The first-order chi connectivity index (χ1) is 5.86. The van der Waals surface area contributed by atoms with Crippen LogP contribution in [0.4, 0.5) is 0 Å². The topological polar surface area (TPSA) is 38.4 Å². The Labute approximate surface area is 74.3 Å². The first-order valence-corrected chi connectivity index (χ1v) is 5.25. The summed E-state index contributed by atoms with van der Waals surface area (Å²) in [4.78, 5) is 4.23. The normalized spacial score (nSPS) is 24.1. The van der Waals surface area contributed by atoms with E-state index in [-0.39, 0.29) is 0 Å². The SMILES string of the molecule is N[SH]1C=NC(c2ccccc2)=C1. The summed E-state index contributed by atoms with van der Waals surface area (Å²) in [6.07, 6.45) is 0. The van der Waals surface area contributed by atoms with E-state index in [1.807, 2.05) is 41.3 Å². The van der Waals surface area contributed by atoms with Gasteiger partial charge in [-0.05, 0) is 5.41 Å². The number of aliphatic imine (C=N–C) groups is 1. The monoisotopic (exact) mass is 178 g/mol. The third-order valence-electron chi connectivity index (χ3n) is 1.67. The fourth-order valence-corrected chi connectivity index (χ4v) is 1.92. The summed E-state index contributed by atoms with van der Waals surface area (Å²) < 4.78 is 0. The predicted molar refractivity (Wildman–Crippen MR) is 56.1 cm³/mol. The van der Waals surface area contributed by atoms with Crippen molar-refractivity contribution in [2.75, 3.05) is 0 Å². The van der Waals surface area contributed by atoms with Gasteiger partial charge in [-0.3, -0.25) is 5.14 Å². The van der Waals surface area contributed by atoms with Gasteiger partial charge in [0.05, 0.1) is 11.2 Å². The molecule has 1 atom stereocenters. The highest BCUT2D eigenvalue weighted by Gasteiger charge is 2.04. The van der Waals surface area contributed by atoms with Crippen molar-refractivity contribution in [2.45, 2.75) is 0 Å². The van der Waals surface area contributed by atoms with Crippen LogP contribution in [0.15, 0.2) is 40.7 Å². The maximum absolute atomic E-state index is 5.70. The van der Waals surface area contributed by atoms with E-state index in [2.05, 4.69) is 4.99 Å². The Morgan fingerprint density at radius 3 is 2.50 bits per heavy atom. The molecule has 0 aromatic heterocycles. The van der Waals surface area contributed by atoms with Gasteiger partial charge in [0.1, 0.15) is 0 Å². The molecule has 1 aromatic carbocycles. The van der Waals surface area contributed by atoms with E-state index in [4.69, 9.17) is 5.14 Å². The van der Waals surface area contributed by atoms with Crippen LogP contribution < -0.4 is 5.14 Å². The molecule has 3 heteroatoms. The van der Waals surface area contributed by atoms with Crippen LogP contribution in [0.1, 0.15) is 5.56 Å². The minimum atomic E-state index is -0.582. The van der Waals surface area contributed by atoms with Crippen LogP contribution in [-0.4, -0.2) is 5.55 Å². The number of rotatable bonds is 1. The van der Waals surface area contributed by atoms with E-state index < -0.39 is 11.1 Å². The number of nitrogens with zero attached hydrogens (tertiary/aromatic N) is 1. The molecule has 0 bridgehead atoms. The van der Waals surface area contributed by atoms with Gasteiger partial charge in [-0.15, -0.1) is 11.1 Å². The highest BCUT2D eigenvalue weighted by atomic mass is 32.2. The Morgan fingerprint density at radius 1 is 1.17 bits per heavy atom. The lowest BCUT2D eigenvalue weighted by Gasteiger charge is -1.97. The molecule has 1 aliphatic rings. The summed E-state index contributed by atoms with van der Waals surface area (Å²) in [6.45, 7) is 0. The third kappa shape index (κ3) is 1.42. The van der Waals surface area contributed by atoms with Crippen molar-refractivity contribution in [2.24, 2.45) is 10.1 Å². The zero-order valence-electron chi connectivity index (χ0n) is 6.51. The molecular weight excluding hydrogens is 168 g/mol. The van der Waals surface area contributed by atoms with Gasteiger partial charge < -0.3 is 0 Å². The van der Waals surface area contributed by atoms with Gasteiger partial charge in [-0.25, -0.2) is 4.99 Å². The molecule has 12 heavy (non-hydrogen) atoms. The Kier molecular flexibility index (Phi) is 1.98. The standard InChI is InChI=1S/C9H10N2S/c10-12-6-9(11-7-12)8-4-2-1-3-5-8/h1-7,12H,10H2. The molecule has 0 saturated carbocycles. The molecule has 2 nitrogen and oxygen atoms in total. The molecule has 1 heterocycles. The highest BCUT2D eigenvalue weighted by molar-refractivity contribution is 8.29. The zero-order valence-corrected chi connectivity index (χ0v) is 7.41. The van der Waals surface area contributed by atoms with Crippen LogP contribution in [0.2, 0.25) is 0 Å². The molecule has 1 aliphatic heterocycles. The fourth-order valence-electron chi connectivity index (χ4n) is 1.09. The fraction of sp³-hybridized carbons (Fsp3) is 0. The van der Waals surface area contributed by atoms with Gasteiger partial charge in [0.25, 0.3) is 0 Å². The number of nitrogens with two attached hydrogens (primary N) is 1. The van der Waals surface area contributed by atoms with Gasteiger partial charge in [0, 0.05) is 5.56 Å². The van der Waals surface area contributed by atoms with Gasteiger partial charge in [0.15, 0.2) is 0 Å². The molecule has 0 amide bonds. The van der Waals surface area contributed by atoms with E-state index in [0.717, 1.165) is 11.3 Å². The van der Waals surface area contributed by atoms with E-state index >= 15 is 0 Å².